The van der Waals surface area contributed by atoms with E-state index < -0.39 is 11.7 Å². The molecule has 0 bridgehead atoms. The van der Waals surface area contributed by atoms with Gasteiger partial charge in [-0.3, -0.25) is 9.59 Å². The number of anilines is 2. The van der Waals surface area contributed by atoms with Gasteiger partial charge in [-0.05, 0) is 53.2 Å². The average Bonchev–Trinajstić information content (AvgIpc) is 3.21. The molecule has 2 aliphatic rings. The maximum Gasteiger partial charge on any atom is 0.296 e. The van der Waals surface area contributed by atoms with Gasteiger partial charge in [0.05, 0.1) is 16.9 Å². The Morgan fingerprint density at radius 1 is 1.33 bits per heavy atom. The predicted octanol–water partition coefficient (Wildman–Crippen LogP) is 3.60. The first-order chi connectivity index (χ1) is 9.97. The van der Waals surface area contributed by atoms with Gasteiger partial charge >= 0.3 is 0 Å². The van der Waals surface area contributed by atoms with Crippen molar-refractivity contribution >= 4 is 39.0 Å². The highest BCUT2D eigenvalue weighted by Gasteiger charge is 2.33. The van der Waals surface area contributed by atoms with E-state index in [1.807, 2.05) is 6.07 Å². The van der Waals surface area contributed by atoms with Crippen LogP contribution in [0.3, 0.4) is 0 Å². The van der Waals surface area contributed by atoms with Gasteiger partial charge in [0.2, 0.25) is 0 Å². The molecule has 21 heavy (non-hydrogen) atoms. The SMILES string of the molecule is CC(C)CCN(c1cc2c(cc1Br)C(=O)C(=O)N2)C1CC1. The predicted molar refractivity (Wildman–Crippen MR) is 86.9 cm³/mol. The van der Waals surface area contributed by atoms with E-state index in [0.29, 0.717) is 23.2 Å². The third-order valence-electron chi connectivity index (χ3n) is 4.03. The van der Waals surface area contributed by atoms with E-state index in [1.54, 1.807) is 6.07 Å². The monoisotopic (exact) mass is 350 g/mol. The summed E-state index contributed by atoms with van der Waals surface area (Å²) in [6.07, 6.45) is 3.56. The molecule has 1 N–H and O–H groups in total. The summed E-state index contributed by atoms with van der Waals surface area (Å²) >= 11 is 3.57. The van der Waals surface area contributed by atoms with Crippen molar-refractivity contribution in [2.45, 2.75) is 39.2 Å². The van der Waals surface area contributed by atoms with Crippen LogP contribution in [0.25, 0.3) is 0 Å². The Hall–Kier alpha value is -1.36. The second-order valence-electron chi connectivity index (χ2n) is 6.24. The first-order valence-electron chi connectivity index (χ1n) is 7.43. The Morgan fingerprint density at radius 3 is 2.67 bits per heavy atom. The van der Waals surface area contributed by atoms with E-state index in [2.05, 4.69) is 40.0 Å². The van der Waals surface area contributed by atoms with E-state index in [9.17, 15) is 9.59 Å². The third-order valence-corrected chi connectivity index (χ3v) is 4.67. The number of Topliss-reactive ketones (excluding diaryl/α,β-unsaturated/α-hetero) is 1. The van der Waals surface area contributed by atoms with Crippen molar-refractivity contribution in [2.24, 2.45) is 5.92 Å². The van der Waals surface area contributed by atoms with Crippen LogP contribution in [0.5, 0.6) is 0 Å². The largest absolute Gasteiger partial charge is 0.368 e. The molecular weight excluding hydrogens is 332 g/mol. The van der Waals surface area contributed by atoms with Crippen LogP contribution in [0, 0.1) is 5.92 Å². The van der Waals surface area contributed by atoms with Crippen LogP contribution in [0.4, 0.5) is 11.4 Å². The number of carbonyl (C=O) groups excluding carboxylic acids is 2. The fourth-order valence-corrected chi connectivity index (χ4v) is 3.23. The summed E-state index contributed by atoms with van der Waals surface area (Å²) in [5.41, 5.74) is 2.18. The molecule has 1 saturated carbocycles. The molecule has 1 aromatic carbocycles. The van der Waals surface area contributed by atoms with Gasteiger partial charge in [0.15, 0.2) is 0 Å². The third kappa shape index (κ3) is 2.84. The summed E-state index contributed by atoms with van der Waals surface area (Å²) in [6, 6.07) is 4.29. The number of ketones is 1. The molecular formula is C16H19BrN2O2. The first kappa shape index (κ1) is 14.6. The van der Waals surface area contributed by atoms with Crippen LogP contribution < -0.4 is 10.2 Å². The van der Waals surface area contributed by atoms with E-state index >= 15 is 0 Å². The highest BCUT2D eigenvalue weighted by Crippen LogP contribution is 2.40. The van der Waals surface area contributed by atoms with Crippen molar-refractivity contribution in [3.8, 4) is 0 Å². The molecule has 1 fully saturated rings. The number of amides is 1. The minimum atomic E-state index is -0.533. The van der Waals surface area contributed by atoms with Gasteiger partial charge in [0, 0.05) is 17.1 Å². The van der Waals surface area contributed by atoms with Crippen molar-refractivity contribution < 1.29 is 9.59 Å². The smallest absolute Gasteiger partial charge is 0.296 e. The number of hydrogen-bond donors (Lipinski definition) is 1. The van der Waals surface area contributed by atoms with Gasteiger partial charge in [-0.25, -0.2) is 0 Å². The molecule has 0 unspecified atom stereocenters. The van der Waals surface area contributed by atoms with Crippen LogP contribution >= 0.6 is 15.9 Å². The quantitative estimate of drug-likeness (QED) is 0.825. The molecule has 112 valence electrons. The molecule has 0 spiro atoms. The van der Waals surface area contributed by atoms with Gasteiger partial charge < -0.3 is 10.2 Å². The molecule has 0 radical (unpaired) electrons. The van der Waals surface area contributed by atoms with Crippen molar-refractivity contribution in [3.63, 3.8) is 0 Å². The molecule has 3 rings (SSSR count). The van der Waals surface area contributed by atoms with Gasteiger partial charge in [0.1, 0.15) is 0 Å². The number of rotatable bonds is 5. The highest BCUT2D eigenvalue weighted by atomic mass is 79.9. The number of hydrogen-bond acceptors (Lipinski definition) is 3. The fourth-order valence-electron chi connectivity index (χ4n) is 2.66. The maximum absolute atomic E-state index is 11.7. The molecule has 1 aromatic rings. The summed E-state index contributed by atoms with van der Waals surface area (Å²) in [5, 5.41) is 2.66. The lowest BCUT2D eigenvalue weighted by Gasteiger charge is -2.27. The highest BCUT2D eigenvalue weighted by molar-refractivity contribution is 9.10. The lowest BCUT2D eigenvalue weighted by atomic mass is 10.1. The van der Waals surface area contributed by atoms with Gasteiger partial charge in [0.25, 0.3) is 11.7 Å². The number of benzene rings is 1. The van der Waals surface area contributed by atoms with Gasteiger partial charge in [-0.15, -0.1) is 0 Å². The zero-order chi connectivity index (χ0) is 15.1. The second kappa shape index (κ2) is 5.44. The zero-order valence-electron chi connectivity index (χ0n) is 12.3. The van der Waals surface area contributed by atoms with Crippen molar-refractivity contribution in [2.75, 3.05) is 16.8 Å². The van der Waals surface area contributed by atoms with Gasteiger partial charge in [-0.2, -0.15) is 0 Å². The first-order valence-corrected chi connectivity index (χ1v) is 8.22. The Morgan fingerprint density at radius 2 is 2.05 bits per heavy atom. The van der Waals surface area contributed by atoms with Crippen molar-refractivity contribution in [3.05, 3.63) is 22.2 Å². The van der Waals surface area contributed by atoms with Crippen LogP contribution in [0.15, 0.2) is 16.6 Å². The molecule has 5 heteroatoms. The van der Waals surface area contributed by atoms with E-state index in [0.717, 1.165) is 23.1 Å². The molecule has 0 saturated heterocycles. The summed E-state index contributed by atoms with van der Waals surface area (Å²) in [6.45, 7) is 5.45. The number of fused-ring (bicyclic) bond motifs is 1. The van der Waals surface area contributed by atoms with Crippen LogP contribution in [-0.2, 0) is 4.79 Å². The standard InChI is InChI=1S/C16H19BrN2O2/c1-9(2)5-6-19(10-3-4-10)14-8-13-11(7-12(14)17)15(20)16(21)18-13/h7-10H,3-6H2,1-2H3,(H,18,20,21). The Balaban J connectivity index is 1.92. The van der Waals surface area contributed by atoms with Crippen LogP contribution in [0.2, 0.25) is 0 Å². The second-order valence-corrected chi connectivity index (χ2v) is 7.09. The number of nitrogens with zero attached hydrogens (tertiary/aromatic N) is 1. The molecule has 1 amide bonds. The van der Waals surface area contributed by atoms with Crippen LogP contribution in [-0.4, -0.2) is 24.3 Å². The normalized spacial score (nSPS) is 17.1. The van der Waals surface area contributed by atoms with Gasteiger partial charge in [-0.1, -0.05) is 13.8 Å². The molecule has 1 aliphatic carbocycles. The molecule has 0 atom stereocenters. The van der Waals surface area contributed by atoms with Crippen molar-refractivity contribution in [1.82, 2.24) is 0 Å². The number of halogens is 1. The summed E-state index contributed by atoms with van der Waals surface area (Å²) in [4.78, 5) is 25.6. The zero-order valence-corrected chi connectivity index (χ0v) is 13.9. The summed E-state index contributed by atoms with van der Waals surface area (Å²) < 4.78 is 0.891. The maximum atomic E-state index is 11.7. The molecule has 1 heterocycles. The van der Waals surface area contributed by atoms with Crippen LogP contribution in [0.1, 0.15) is 43.5 Å². The van der Waals surface area contributed by atoms with Crippen molar-refractivity contribution in [1.29, 1.82) is 0 Å². The minimum absolute atomic E-state index is 0.447. The molecule has 0 aromatic heterocycles. The summed E-state index contributed by atoms with van der Waals surface area (Å²) in [7, 11) is 0. The lowest BCUT2D eigenvalue weighted by molar-refractivity contribution is -0.112. The fraction of sp³-hybridized carbons (Fsp3) is 0.500. The van der Waals surface area contributed by atoms with E-state index in [1.165, 1.54) is 12.8 Å². The lowest BCUT2D eigenvalue weighted by Crippen LogP contribution is -2.28. The number of carbonyl (C=O) groups is 2. The average molecular weight is 351 g/mol. The topological polar surface area (TPSA) is 49.4 Å². The Kier molecular flexibility index (Phi) is 3.78. The van der Waals surface area contributed by atoms with E-state index in [4.69, 9.17) is 0 Å². The number of nitrogens with one attached hydrogen (secondary N) is 1. The Labute approximate surface area is 133 Å². The minimum Gasteiger partial charge on any atom is -0.368 e. The van der Waals surface area contributed by atoms with E-state index in [-0.39, 0.29) is 0 Å². The Bertz CT molecular complexity index is 609. The molecule has 4 nitrogen and oxygen atoms in total. The summed E-state index contributed by atoms with van der Waals surface area (Å²) in [5.74, 6) is -0.327. The molecule has 1 aliphatic heterocycles.